The molecule has 1 unspecified atom stereocenters. The van der Waals surface area contributed by atoms with Crippen LogP contribution in [0.4, 0.5) is 11.9 Å². The molecule has 15 nitrogen and oxygen atoms in total. The number of nitrogens with zero attached hydrogens (tertiary/aromatic N) is 5. The molecular formula is C20H18N8O7S. The third-order valence-electron chi connectivity index (χ3n) is 5.49. The van der Waals surface area contributed by atoms with Gasteiger partial charge in [-0.2, -0.15) is 9.55 Å². The number of fused-ring (bicyclic) bond motifs is 2. The Labute approximate surface area is 205 Å². The van der Waals surface area contributed by atoms with Crippen molar-refractivity contribution in [3.05, 3.63) is 41.4 Å². The predicted octanol–water partition coefficient (Wildman–Crippen LogP) is -2.28. The number of carbonyl (C=O) groups excluding carboxylic acids is 3. The van der Waals surface area contributed by atoms with E-state index in [1.165, 1.54) is 24.9 Å². The van der Waals surface area contributed by atoms with Crippen LogP contribution in [0.15, 0.2) is 49.8 Å². The lowest BCUT2D eigenvalue weighted by molar-refractivity contribution is -0.669. The number of pyridine rings is 1. The van der Waals surface area contributed by atoms with Crippen LogP contribution < -0.4 is 26.5 Å². The van der Waals surface area contributed by atoms with Gasteiger partial charge in [0.25, 0.3) is 17.8 Å². The SMILES string of the molecule is CON=C(C(=O)NC1C(=O)N2C(C(=O)[O-])=C(C[n+]3cccc4nc(N)oc43)CS[C@@H]12)c1cc(N)on1. The quantitative estimate of drug-likeness (QED) is 0.131. The van der Waals surface area contributed by atoms with Crippen molar-refractivity contribution in [2.75, 3.05) is 24.3 Å². The maximum absolute atomic E-state index is 13.0. The number of aromatic nitrogens is 3. The Morgan fingerprint density at radius 2 is 2.25 bits per heavy atom. The fourth-order valence-corrected chi connectivity index (χ4v) is 5.33. The Balaban J connectivity index is 1.38. The molecule has 2 aliphatic rings. The van der Waals surface area contributed by atoms with Gasteiger partial charge in [-0.15, -0.1) is 11.8 Å². The molecule has 0 bridgehead atoms. The number of hydrogen-bond acceptors (Lipinski definition) is 13. The number of carboxylic acid groups (broad SMARTS) is 1. The number of rotatable bonds is 7. The Hall–Kier alpha value is -4.60. The summed E-state index contributed by atoms with van der Waals surface area (Å²) in [6.45, 7) is 0.0913. The summed E-state index contributed by atoms with van der Waals surface area (Å²) in [6.07, 6.45) is 1.68. The van der Waals surface area contributed by atoms with Crippen molar-refractivity contribution in [2.45, 2.75) is 18.0 Å². The van der Waals surface area contributed by atoms with Crippen LogP contribution in [0, 0.1) is 0 Å². The van der Waals surface area contributed by atoms with Gasteiger partial charge in [0.05, 0.1) is 11.7 Å². The van der Waals surface area contributed by atoms with E-state index in [9.17, 15) is 19.5 Å². The maximum atomic E-state index is 13.0. The largest absolute Gasteiger partial charge is 0.543 e. The van der Waals surface area contributed by atoms with Gasteiger partial charge >= 0.3 is 5.71 Å². The standard InChI is InChI=1S/C20H18N8O7S/c1-33-26-12(10-5-11(21)35-25-10)15(29)24-13-16(30)28-14(19(31)32)8(7-36-18(13)28)6-27-4-2-3-9-17(27)34-20(22)23-9/h2-5,13,18H,6-7H2,1H3,(H5-,21,22,23,24,25,29,31,32)/t13?,18-/m0/s1. The first-order chi connectivity index (χ1) is 17.3. The van der Waals surface area contributed by atoms with Crippen LogP contribution in [0.5, 0.6) is 0 Å². The van der Waals surface area contributed by atoms with E-state index in [4.69, 9.17) is 25.2 Å². The first-order valence-corrected chi connectivity index (χ1v) is 11.4. The van der Waals surface area contributed by atoms with Crippen molar-refractivity contribution >= 4 is 58.4 Å². The van der Waals surface area contributed by atoms with Gasteiger partial charge < -0.3 is 40.5 Å². The average Bonchev–Trinajstić information content (AvgIpc) is 3.45. The third-order valence-corrected chi connectivity index (χ3v) is 6.83. The lowest BCUT2D eigenvalue weighted by Crippen LogP contribution is -2.71. The summed E-state index contributed by atoms with van der Waals surface area (Å²) >= 11 is 1.28. The van der Waals surface area contributed by atoms with E-state index < -0.39 is 29.2 Å². The van der Waals surface area contributed by atoms with Gasteiger partial charge in [-0.1, -0.05) is 10.3 Å². The van der Waals surface area contributed by atoms with Gasteiger partial charge in [0.2, 0.25) is 5.88 Å². The fourth-order valence-electron chi connectivity index (χ4n) is 3.99. The van der Waals surface area contributed by atoms with Gasteiger partial charge in [-0.25, -0.2) is 0 Å². The molecule has 1 saturated heterocycles. The number of hydrogen-bond donors (Lipinski definition) is 3. The number of carboxylic acids is 1. The lowest BCUT2D eigenvalue weighted by Gasteiger charge is -2.50. The van der Waals surface area contributed by atoms with Crippen LogP contribution in [0.3, 0.4) is 0 Å². The van der Waals surface area contributed by atoms with E-state index >= 15 is 0 Å². The molecule has 2 aliphatic heterocycles. The first-order valence-electron chi connectivity index (χ1n) is 10.4. The summed E-state index contributed by atoms with van der Waals surface area (Å²) in [6, 6.07) is 3.63. The molecule has 5 rings (SSSR count). The van der Waals surface area contributed by atoms with Crippen LogP contribution in [0.2, 0.25) is 0 Å². The second-order valence-corrected chi connectivity index (χ2v) is 8.82. The normalized spacial score (nSPS) is 19.8. The molecule has 5 heterocycles. The highest BCUT2D eigenvalue weighted by Crippen LogP contribution is 2.40. The molecule has 2 amide bonds. The Morgan fingerprint density at radius 3 is 2.94 bits per heavy atom. The number of amides is 2. The molecule has 5 N–H and O–H groups in total. The molecule has 0 aliphatic carbocycles. The zero-order chi connectivity index (χ0) is 25.6. The van der Waals surface area contributed by atoms with E-state index in [1.807, 2.05) is 0 Å². The minimum atomic E-state index is -1.52. The van der Waals surface area contributed by atoms with E-state index in [0.29, 0.717) is 16.8 Å². The first kappa shape index (κ1) is 23.2. The minimum Gasteiger partial charge on any atom is -0.543 e. The number of nitrogens with two attached hydrogens (primary N) is 2. The fraction of sp³-hybridized carbons (Fsp3) is 0.250. The molecule has 36 heavy (non-hydrogen) atoms. The van der Waals surface area contributed by atoms with Crippen LogP contribution in [0.1, 0.15) is 5.69 Å². The average molecular weight is 514 g/mol. The zero-order valence-corrected chi connectivity index (χ0v) is 19.4. The Bertz CT molecular complexity index is 1460. The maximum Gasteiger partial charge on any atom is 0.402 e. The van der Waals surface area contributed by atoms with E-state index in [0.717, 1.165) is 4.90 Å². The van der Waals surface area contributed by atoms with Crippen LogP contribution >= 0.6 is 11.8 Å². The number of anilines is 2. The van der Waals surface area contributed by atoms with Crippen molar-refractivity contribution in [2.24, 2.45) is 5.16 Å². The van der Waals surface area contributed by atoms with Gasteiger partial charge in [0.1, 0.15) is 24.2 Å². The molecule has 16 heteroatoms. The smallest absolute Gasteiger partial charge is 0.402 e. The number of aliphatic carboxylic acids is 1. The summed E-state index contributed by atoms with van der Waals surface area (Å²) in [4.78, 5) is 47.7. The number of oxazole rings is 1. The summed E-state index contributed by atoms with van der Waals surface area (Å²) in [7, 11) is 1.23. The number of nitrogen functional groups attached to an aromatic ring is 2. The number of thioether (sulfide) groups is 1. The zero-order valence-electron chi connectivity index (χ0n) is 18.5. The van der Waals surface area contributed by atoms with Crippen LogP contribution in [0.25, 0.3) is 11.2 Å². The molecule has 0 radical (unpaired) electrons. The van der Waals surface area contributed by atoms with E-state index in [1.54, 1.807) is 22.9 Å². The summed E-state index contributed by atoms with van der Waals surface area (Å²) in [5.74, 6) is -2.72. The summed E-state index contributed by atoms with van der Waals surface area (Å²) in [5.41, 5.74) is 11.9. The second kappa shape index (κ2) is 8.88. The molecule has 186 valence electrons. The highest BCUT2D eigenvalue weighted by Gasteiger charge is 2.53. The molecule has 0 spiro atoms. The molecule has 3 aromatic rings. The summed E-state index contributed by atoms with van der Waals surface area (Å²) in [5, 5.41) is 21.2. The van der Waals surface area contributed by atoms with Crippen molar-refractivity contribution < 1.29 is 37.8 Å². The second-order valence-electron chi connectivity index (χ2n) is 7.72. The van der Waals surface area contributed by atoms with Crippen molar-refractivity contribution in [3.63, 3.8) is 0 Å². The Kier molecular flexibility index (Phi) is 5.71. The molecule has 2 atom stereocenters. The van der Waals surface area contributed by atoms with Gasteiger partial charge in [-0.3, -0.25) is 14.5 Å². The lowest BCUT2D eigenvalue weighted by atomic mass is 10.0. The molecule has 0 saturated carbocycles. The summed E-state index contributed by atoms with van der Waals surface area (Å²) < 4.78 is 11.8. The minimum absolute atomic E-state index is 0.00337. The van der Waals surface area contributed by atoms with Crippen molar-refractivity contribution in [3.8, 4) is 0 Å². The monoisotopic (exact) mass is 514 g/mol. The van der Waals surface area contributed by atoms with Crippen molar-refractivity contribution in [1.29, 1.82) is 0 Å². The molecular weight excluding hydrogens is 496 g/mol. The van der Waals surface area contributed by atoms with Crippen molar-refractivity contribution in [1.82, 2.24) is 20.4 Å². The number of β-lactam (4-membered cyclic amide) rings is 1. The topological polar surface area (TPSA) is 219 Å². The predicted molar refractivity (Wildman–Crippen MR) is 120 cm³/mol. The molecule has 1 fully saturated rings. The number of carbonyl (C=O) groups is 3. The van der Waals surface area contributed by atoms with E-state index in [-0.39, 0.29) is 41.3 Å². The van der Waals surface area contributed by atoms with Crippen LogP contribution in [-0.4, -0.2) is 62.8 Å². The molecule has 3 aromatic heterocycles. The highest BCUT2D eigenvalue weighted by atomic mass is 32.2. The number of nitrogens with one attached hydrogen (secondary N) is 1. The van der Waals surface area contributed by atoms with Gasteiger partial charge in [0.15, 0.2) is 24.0 Å². The highest BCUT2D eigenvalue weighted by molar-refractivity contribution is 8.00. The third kappa shape index (κ3) is 3.86. The Morgan fingerprint density at radius 1 is 1.44 bits per heavy atom. The van der Waals surface area contributed by atoms with Gasteiger partial charge in [0, 0.05) is 23.5 Å². The van der Waals surface area contributed by atoms with E-state index in [2.05, 4.69) is 20.6 Å². The molecule has 0 aromatic carbocycles. The van der Waals surface area contributed by atoms with Gasteiger partial charge in [-0.05, 0) is 6.07 Å². The van der Waals surface area contributed by atoms with Crippen LogP contribution in [-0.2, 0) is 25.8 Å². The number of oxime groups is 1.